The molecule has 0 spiro atoms. The molecule has 14 heavy (non-hydrogen) atoms. The predicted molar refractivity (Wildman–Crippen MR) is 48.5 cm³/mol. The number of aromatic amines is 1. The van der Waals surface area contributed by atoms with Crippen molar-refractivity contribution in [2.75, 3.05) is 5.32 Å². The summed E-state index contributed by atoms with van der Waals surface area (Å²) in [5, 5.41) is 16.5. The highest BCUT2D eigenvalue weighted by Crippen LogP contribution is 2.14. The summed E-state index contributed by atoms with van der Waals surface area (Å²) in [6.45, 7) is 0.398. The molecule has 0 bridgehead atoms. The fourth-order valence-electron chi connectivity index (χ4n) is 0.860. The Kier molecular flexibility index (Phi) is 2.50. The largest absolute Gasteiger partial charge is 0.360 e. The van der Waals surface area contributed by atoms with Crippen LogP contribution in [0.2, 0.25) is 5.15 Å². The first-order valence-electron chi connectivity index (χ1n) is 3.79. The number of rotatable bonds is 3. The second kappa shape index (κ2) is 3.97. The van der Waals surface area contributed by atoms with Gasteiger partial charge in [-0.3, -0.25) is 0 Å². The Labute approximate surface area is 83.9 Å². The molecular formula is C6H6ClN7. The highest BCUT2D eigenvalue weighted by Gasteiger charge is 2.02. The third kappa shape index (κ3) is 1.94. The van der Waals surface area contributed by atoms with Crippen molar-refractivity contribution in [1.29, 1.82) is 0 Å². The van der Waals surface area contributed by atoms with Gasteiger partial charge in [0.15, 0.2) is 16.8 Å². The van der Waals surface area contributed by atoms with Crippen LogP contribution in [0.15, 0.2) is 12.4 Å². The molecule has 2 N–H and O–H groups in total. The molecule has 0 fully saturated rings. The third-order valence-corrected chi connectivity index (χ3v) is 1.73. The molecule has 0 amide bonds. The van der Waals surface area contributed by atoms with Crippen molar-refractivity contribution in [2.45, 2.75) is 6.54 Å². The summed E-state index contributed by atoms with van der Waals surface area (Å²) in [5.41, 5.74) is 0. The fraction of sp³-hybridized carbons (Fsp3) is 0.167. The molecule has 0 aliphatic carbocycles. The van der Waals surface area contributed by atoms with Gasteiger partial charge >= 0.3 is 0 Å². The SMILES string of the molecule is Clc1nccnc1NCc1nn[nH]n1. The molecule has 2 aromatic rings. The van der Waals surface area contributed by atoms with E-state index in [2.05, 4.69) is 35.9 Å². The Morgan fingerprint density at radius 3 is 2.93 bits per heavy atom. The van der Waals surface area contributed by atoms with Crippen molar-refractivity contribution in [2.24, 2.45) is 0 Å². The predicted octanol–water partition coefficient (Wildman–Crippen LogP) is 0.255. The third-order valence-electron chi connectivity index (χ3n) is 1.46. The standard InChI is InChI=1S/C6H6ClN7/c7-5-6(9-2-1-8-5)10-3-4-11-13-14-12-4/h1-2H,3H2,(H,9,10)(H,11,12,13,14). The number of hydrogen-bond acceptors (Lipinski definition) is 6. The van der Waals surface area contributed by atoms with Crippen molar-refractivity contribution in [3.63, 3.8) is 0 Å². The fourth-order valence-corrected chi connectivity index (χ4v) is 1.03. The molecule has 72 valence electrons. The lowest BCUT2D eigenvalue weighted by molar-refractivity contribution is 0.881. The Bertz CT molecular complexity index is 400. The molecule has 2 heterocycles. The zero-order valence-corrected chi connectivity index (χ0v) is 7.73. The van der Waals surface area contributed by atoms with Crippen molar-refractivity contribution >= 4 is 17.4 Å². The summed E-state index contributed by atoms with van der Waals surface area (Å²) < 4.78 is 0. The number of tetrazole rings is 1. The van der Waals surface area contributed by atoms with E-state index in [1.165, 1.54) is 6.20 Å². The monoisotopic (exact) mass is 211 g/mol. The Morgan fingerprint density at radius 2 is 2.21 bits per heavy atom. The zero-order chi connectivity index (χ0) is 9.80. The van der Waals surface area contributed by atoms with Crippen molar-refractivity contribution in [3.8, 4) is 0 Å². The van der Waals surface area contributed by atoms with Gasteiger partial charge in [0, 0.05) is 12.4 Å². The number of anilines is 1. The maximum Gasteiger partial charge on any atom is 0.193 e. The van der Waals surface area contributed by atoms with Crippen LogP contribution in [0.3, 0.4) is 0 Å². The van der Waals surface area contributed by atoms with Crippen LogP contribution in [-0.4, -0.2) is 30.6 Å². The number of nitrogens with one attached hydrogen (secondary N) is 2. The zero-order valence-electron chi connectivity index (χ0n) is 6.98. The van der Waals surface area contributed by atoms with Crippen LogP contribution in [0.4, 0.5) is 5.82 Å². The lowest BCUT2D eigenvalue weighted by Crippen LogP contribution is -2.04. The van der Waals surface area contributed by atoms with E-state index in [-0.39, 0.29) is 0 Å². The van der Waals surface area contributed by atoms with E-state index >= 15 is 0 Å². The van der Waals surface area contributed by atoms with Crippen LogP contribution in [0.1, 0.15) is 5.82 Å². The molecule has 0 aromatic carbocycles. The average Bonchev–Trinajstić information content (AvgIpc) is 2.69. The van der Waals surface area contributed by atoms with Crippen molar-refractivity contribution in [1.82, 2.24) is 30.6 Å². The lowest BCUT2D eigenvalue weighted by Gasteiger charge is -2.02. The van der Waals surface area contributed by atoms with Crippen LogP contribution in [0, 0.1) is 0 Å². The minimum absolute atomic E-state index is 0.316. The van der Waals surface area contributed by atoms with Gasteiger partial charge in [0.1, 0.15) is 0 Å². The summed E-state index contributed by atoms with van der Waals surface area (Å²) in [4.78, 5) is 7.84. The molecule has 0 radical (unpaired) electrons. The van der Waals surface area contributed by atoms with Gasteiger partial charge in [-0.1, -0.05) is 16.8 Å². The number of H-pyrrole nitrogens is 1. The first-order valence-corrected chi connectivity index (χ1v) is 4.17. The van der Waals surface area contributed by atoms with Crippen LogP contribution in [-0.2, 0) is 6.54 Å². The van der Waals surface area contributed by atoms with Gasteiger partial charge in [-0.25, -0.2) is 9.97 Å². The molecular weight excluding hydrogens is 206 g/mol. The van der Waals surface area contributed by atoms with E-state index in [0.29, 0.717) is 23.3 Å². The number of hydrogen-bond donors (Lipinski definition) is 2. The number of halogens is 1. The maximum absolute atomic E-state index is 5.76. The summed E-state index contributed by atoms with van der Waals surface area (Å²) in [6.07, 6.45) is 3.06. The number of aromatic nitrogens is 6. The van der Waals surface area contributed by atoms with Crippen LogP contribution < -0.4 is 5.32 Å². The summed E-state index contributed by atoms with van der Waals surface area (Å²) in [6, 6.07) is 0. The molecule has 2 rings (SSSR count). The quantitative estimate of drug-likeness (QED) is 0.757. The van der Waals surface area contributed by atoms with Gasteiger partial charge in [0.05, 0.1) is 6.54 Å². The minimum atomic E-state index is 0.316. The molecule has 0 saturated heterocycles. The van der Waals surface area contributed by atoms with Gasteiger partial charge in [-0.05, 0) is 0 Å². The molecule has 2 aromatic heterocycles. The molecule has 0 saturated carbocycles. The molecule has 8 heteroatoms. The van der Waals surface area contributed by atoms with Gasteiger partial charge in [0.25, 0.3) is 0 Å². The van der Waals surface area contributed by atoms with E-state index in [0.717, 1.165) is 0 Å². The first-order chi connectivity index (χ1) is 6.86. The topological polar surface area (TPSA) is 92.3 Å². The molecule has 7 nitrogen and oxygen atoms in total. The average molecular weight is 212 g/mol. The van der Waals surface area contributed by atoms with E-state index in [1.807, 2.05) is 0 Å². The molecule has 0 aliphatic rings. The first kappa shape index (κ1) is 8.82. The Balaban J connectivity index is 2.02. The summed E-state index contributed by atoms with van der Waals surface area (Å²) in [5.74, 6) is 1.03. The van der Waals surface area contributed by atoms with E-state index < -0.39 is 0 Å². The van der Waals surface area contributed by atoms with Crippen LogP contribution in [0.5, 0.6) is 0 Å². The van der Waals surface area contributed by atoms with Crippen LogP contribution in [0.25, 0.3) is 0 Å². The second-order valence-corrected chi connectivity index (χ2v) is 2.74. The second-order valence-electron chi connectivity index (χ2n) is 2.38. The van der Waals surface area contributed by atoms with E-state index in [4.69, 9.17) is 11.6 Å². The summed E-state index contributed by atoms with van der Waals surface area (Å²) >= 11 is 5.76. The highest BCUT2D eigenvalue weighted by molar-refractivity contribution is 6.31. The van der Waals surface area contributed by atoms with Gasteiger partial charge < -0.3 is 5.32 Å². The van der Waals surface area contributed by atoms with Gasteiger partial charge in [-0.2, -0.15) is 5.21 Å². The highest BCUT2D eigenvalue weighted by atomic mass is 35.5. The maximum atomic E-state index is 5.76. The Morgan fingerprint density at radius 1 is 1.36 bits per heavy atom. The van der Waals surface area contributed by atoms with Crippen molar-refractivity contribution in [3.05, 3.63) is 23.4 Å². The number of nitrogens with zero attached hydrogens (tertiary/aromatic N) is 5. The lowest BCUT2D eigenvalue weighted by atomic mass is 10.5. The normalized spacial score (nSPS) is 10.1. The van der Waals surface area contributed by atoms with Gasteiger partial charge in [-0.15, -0.1) is 10.2 Å². The molecule has 0 atom stereocenters. The van der Waals surface area contributed by atoms with E-state index in [9.17, 15) is 0 Å². The van der Waals surface area contributed by atoms with Crippen LogP contribution >= 0.6 is 11.6 Å². The van der Waals surface area contributed by atoms with E-state index in [1.54, 1.807) is 6.20 Å². The Hall–Kier alpha value is -1.76. The van der Waals surface area contributed by atoms with Crippen molar-refractivity contribution < 1.29 is 0 Å². The molecule has 0 unspecified atom stereocenters. The minimum Gasteiger partial charge on any atom is -0.360 e. The summed E-state index contributed by atoms with van der Waals surface area (Å²) in [7, 11) is 0. The molecule has 0 aliphatic heterocycles. The smallest absolute Gasteiger partial charge is 0.193 e. The van der Waals surface area contributed by atoms with Gasteiger partial charge in [0.2, 0.25) is 0 Å².